The minimum Gasteiger partial charge on any atom is -0.457 e. The van der Waals surface area contributed by atoms with E-state index in [-0.39, 0.29) is 16.8 Å². The predicted octanol–water partition coefficient (Wildman–Crippen LogP) is 3.48. The molecular formula is C17H28O4. The lowest BCUT2D eigenvalue weighted by Gasteiger charge is -2.28. The molecule has 1 aliphatic carbocycles. The summed E-state index contributed by atoms with van der Waals surface area (Å²) < 4.78 is 10.8. The Morgan fingerprint density at radius 1 is 1.29 bits per heavy atom. The van der Waals surface area contributed by atoms with Gasteiger partial charge in [-0.05, 0) is 37.5 Å². The van der Waals surface area contributed by atoms with Crippen molar-refractivity contribution < 1.29 is 19.1 Å². The Hall–Kier alpha value is -1.06. The number of hydrogen-bond acceptors (Lipinski definition) is 4. The first kappa shape index (κ1) is 16.3. The van der Waals surface area contributed by atoms with Crippen LogP contribution in [0.2, 0.25) is 0 Å². The summed E-state index contributed by atoms with van der Waals surface area (Å²) in [6, 6.07) is 0. The summed E-state index contributed by atoms with van der Waals surface area (Å²) in [4.78, 5) is 24.5. The fourth-order valence-corrected chi connectivity index (χ4v) is 3.58. The highest BCUT2D eigenvalue weighted by Gasteiger charge is 2.68. The molecule has 2 rings (SSSR count). The van der Waals surface area contributed by atoms with Crippen LogP contribution >= 0.6 is 0 Å². The Kier molecular flexibility index (Phi) is 3.47. The molecule has 2 unspecified atom stereocenters. The zero-order valence-electron chi connectivity index (χ0n) is 14.3. The van der Waals surface area contributed by atoms with Crippen molar-refractivity contribution in [3.05, 3.63) is 0 Å². The lowest BCUT2D eigenvalue weighted by Crippen LogP contribution is -2.33. The SMILES string of the molecule is CC(C)(C)CC1(C(=O)OC2CC(C)(C)OC2=O)CC1(C)C. The molecule has 1 heterocycles. The molecule has 2 aliphatic rings. The van der Waals surface area contributed by atoms with Crippen LogP contribution in [-0.4, -0.2) is 23.6 Å². The molecular weight excluding hydrogens is 268 g/mol. The molecule has 4 heteroatoms. The van der Waals surface area contributed by atoms with E-state index in [1.54, 1.807) is 0 Å². The average Bonchev–Trinajstić information content (AvgIpc) is 2.64. The van der Waals surface area contributed by atoms with Gasteiger partial charge in [-0.1, -0.05) is 34.6 Å². The number of cyclic esters (lactones) is 1. The Labute approximate surface area is 127 Å². The van der Waals surface area contributed by atoms with E-state index in [9.17, 15) is 9.59 Å². The highest BCUT2D eigenvalue weighted by molar-refractivity contribution is 5.86. The first-order valence-corrected chi connectivity index (χ1v) is 7.72. The van der Waals surface area contributed by atoms with Crippen LogP contribution in [0.25, 0.3) is 0 Å². The second kappa shape index (κ2) is 4.47. The van der Waals surface area contributed by atoms with Gasteiger partial charge < -0.3 is 9.47 Å². The fraction of sp³-hybridized carbons (Fsp3) is 0.882. The van der Waals surface area contributed by atoms with E-state index in [0.29, 0.717) is 6.42 Å². The molecule has 2 atom stereocenters. The van der Waals surface area contributed by atoms with Gasteiger partial charge in [-0.25, -0.2) is 4.79 Å². The van der Waals surface area contributed by atoms with Crippen LogP contribution in [0.3, 0.4) is 0 Å². The molecule has 2 fully saturated rings. The van der Waals surface area contributed by atoms with Crippen LogP contribution in [0.1, 0.15) is 67.7 Å². The number of hydrogen-bond donors (Lipinski definition) is 0. The number of rotatable bonds is 3. The van der Waals surface area contributed by atoms with E-state index in [4.69, 9.17) is 9.47 Å². The molecule has 21 heavy (non-hydrogen) atoms. The third-order valence-electron chi connectivity index (χ3n) is 4.70. The van der Waals surface area contributed by atoms with Crippen molar-refractivity contribution in [2.24, 2.45) is 16.2 Å². The van der Waals surface area contributed by atoms with Crippen LogP contribution in [0.15, 0.2) is 0 Å². The van der Waals surface area contributed by atoms with Gasteiger partial charge in [-0.15, -0.1) is 0 Å². The summed E-state index contributed by atoms with van der Waals surface area (Å²) in [7, 11) is 0. The van der Waals surface area contributed by atoms with Crippen LogP contribution in [0, 0.1) is 16.2 Å². The lowest BCUT2D eigenvalue weighted by molar-refractivity contribution is -0.167. The van der Waals surface area contributed by atoms with Crippen molar-refractivity contribution in [2.45, 2.75) is 79.4 Å². The summed E-state index contributed by atoms with van der Waals surface area (Å²) >= 11 is 0. The van der Waals surface area contributed by atoms with Gasteiger partial charge in [0.05, 0.1) is 5.41 Å². The Bertz CT molecular complexity index is 470. The molecule has 0 aromatic rings. The molecule has 1 saturated carbocycles. The van der Waals surface area contributed by atoms with Crippen molar-refractivity contribution in [1.82, 2.24) is 0 Å². The van der Waals surface area contributed by atoms with Crippen molar-refractivity contribution in [1.29, 1.82) is 0 Å². The molecule has 0 N–H and O–H groups in total. The maximum absolute atomic E-state index is 12.7. The van der Waals surface area contributed by atoms with Crippen molar-refractivity contribution >= 4 is 11.9 Å². The normalized spacial score (nSPS) is 33.5. The van der Waals surface area contributed by atoms with Gasteiger partial charge in [-0.3, -0.25) is 4.79 Å². The van der Waals surface area contributed by atoms with Crippen molar-refractivity contribution in [3.63, 3.8) is 0 Å². The van der Waals surface area contributed by atoms with E-state index >= 15 is 0 Å². The Balaban J connectivity index is 2.10. The monoisotopic (exact) mass is 296 g/mol. The maximum Gasteiger partial charge on any atom is 0.348 e. The molecule has 1 saturated heterocycles. The number of carbonyl (C=O) groups excluding carboxylic acids is 2. The molecule has 0 aromatic heterocycles. The Morgan fingerprint density at radius 2 is 1.81 bits per heavy atom. The quantitative estimate of drug-likeness (QED) is 0.748. The van der Waals surface area contributed by atoms with Gasteiger partial charge in [0, 0.05) is 6.42 Å². The number of ether oxygens (including phenoxy) is 2. The summed E-state index contributed by atoms with van der Waals surface area (Å²) in [5.41, 5.74) is -1.02. The van der Waals surface area contributed by atoms with Gasteiger partial charge >= 0.3 is 11.9 Å². The van der Waals surface area contributed by atoms with E-state index in [1.165, 1.54) is 0 Å². The largest absolute Gasteiger partial charge is 0.457 e. The van der Waals surface area contributed by atoms with Crippen LogP contribution in [0.5, 0.6) is 0 Å². The van der Waals surface area contributed by atoms with Gasteiger partial charge in [0.1, 0.15) is 5.60 Å². The summed E-state index contributed by atoms with van der Waals surface area (Å²) in [6.07, 6.45) is 1.28. The van der Waals surface area contributed by atoms with Gasteiger partial charge in [0.25, 0.3) is 0 Å². The minimum absolute atomic E-state index is 0.0439. The highest BCUT2D eigenvalue weighted by atomic mass is 16.6. The van der Waals surface area contributed by atoms with Crippen molar-refractivity contribution in [3.8, 4) is 0 Å². The molecule has 0 bridgehead atoms. The fourth-order valence-electron chi connectivity index (χ4n) is 3.58. The first-order chi connectivity index (χ1) is 9.28. The van der Waals surface area contributed by atoms with Crippen LogP contribution in [-0.2, 0) is 19.1 Å². The molecule has 0 spiro atoms. The second-order valence-corrected chi connectivity index (χ2v) is 9.16. The summed E-state index contributed by atoms with van der Waals surface area (Å²) in [5.74, 6) is -0.653. The molecule has 1 aliphatic heterocycles. The summed E-state index contributed by atoms with van der Waals surface area (Å²) in [6.45, 7) is 14.2. The standard InChI is InChI=1S/C17H28O4/c1-14(2,3)9-17(10-15(17,4)5)13(19)20-11-8-16(6,7)21-12(11)18/h11H,8-10H2,1-7H3. The predicted molar refractivity (Wildman–Crippen MR) is 79.6 cm³/mol. The van der Waals surface area contributed by atoms with E-state index in [0.717, 1.165) is 12.8 Å². The first-order valence-electron chi connectivity index (χ1n) is 7.72. The van der Waals surface area contributed by atoms with Crippen LogP contribution < -0.4 is 0 Å². The van der Waals surface area contributed by atoms with Crippen LogP contribution in [0.4, 0.5) is 0 Å². The number of carbonyl (C=O) groups is 2. The summed E-state index contributed by atoms with van der Waals surface area (Å²) in [5, 5.41) is 0. The van der Waals surface area contributed by atoms with E-state index in [2.05, 4.69) is 34.6 Å². The topological polar surface area (TPSA) is 52.6 Å². The molecule has 120 valence electrons. The van der Waals surface area contributed by atoms with E-state index in [1.807, 2.05) is 13.8 Å². The average molecular weight is 296 g/mol. The molecule has 0 radical (unpaired) electrons. The van der Waals surface area contributed by atoms with Gasteiger partial charge in [0.15, 0.2) is 0 Å². The maximum atomic E-state index is 12.7. The lowest BCUT2D eigenvalue weighted by atomic mass is 9.79. The third-order valence-corrected chi connectivity index (χ3v) is 4.70. The second-order valence-electron chi connectivity index (χ2n) is 9.16. The number of esters is 2. The minimum atomic E-state index is -0.749. The van der Waals surface area contributed by atoms with E-state index < -0.39 is 23.1 Å². The van der Waals surface area contributed by atoms with Crippen molar-refractivity contribution in [2.75, 3.05) is 0 Å². The van der Waals surface area contributed by atoms with Gasteiger partial charge in [-0.2, -0.15) is 0 Å². The zero-order valence-corrected chi connectivity index (χ0v) is 14.3. The Morgan fingerprint density at radius 3 is 2.14 bits per heavy atom. The smallest absolute Gasteiger partial charge is 0.348 e. The zero-order chi connectivity index (χ0) is 16.3. The third kappa shape index (κ3) is 3.09. The molecule has 0 amide bonds. The highest BCUT2D eigenvalue weighted by Crippen LogP contribution is 2.68. The molecule has 0 aromatic carbocycles. The molecule has 4 nitrogen and oxygen atoms in total. The van der Waals surface area contributed by atoms with Gasteiger partial charge in [0.2, 0.25) is 6.10 Å².